The lowest BCUT2D eigenvalue weighted by Gasteiger charge is -2.26. The molecule has 0 spiro atoms. The van der Waals surface area contributed by atoms with Gasteiger partial charge in [0.25, 0.3) is 0 Å². The molecule has 0 aliphatic heterocycles. The second-order valence-electron chi connectivity index (χ2n) is 9.93. The summed E-state index contributed by atoms with van der Waals surface area (Å²) in [7, 11) is 1.67. The smallest absolute Gasteiger partial charge is 0.118 e. The van der Waals surface area contributed by atoms with Gasteiger partial charge in [-0.1, -0.05) is 88.4 Å². The van der Waals surface area contributed by atoms with E-state index in [-0.39, 0.29) is 28.9 Å². The minimum Gasteiger partial charge on any atom is -0.508 e. The molecule has 0 aliphatic carbocycles. The topological polar surface area (TPSA) is 69.9 Å². The van der Waals surface area contributed by atoms with Gasteiger partial charge in [-0.05, 0) is 64.2 Å². The Hall–Kier alpha value is -3.76. The number of phenols is 2. The van der Waals surface area contributed by atoms with Crippen molar-refractivity contribution >= 4 is 0 Å². The number of aliphatic hydroxyl groups excluding tert-OH is 1. The molecule has 188 valence electrons. The molecule has 0 heterocycles. The molecule has 0 aromatic heterocycles. The first-order valence-electron chi connectivity index (χ1n) is 12.0. The van der Waals surface area contributed by atoms with Crippen molar-refractivity contribution in [2.24, 2.45) is 0 Å². The van der Waals surface area contributed by atoms with E-state index in [1.54, 1.807) is 31.4 Å². The summed E-state index contributed by atoms with van der Waals surface area (Å²) in [6.07, 6.45) is 0. The first-order valence-corrected chi connectivity index (χ1v) is 12.0. The second-order valence-corrected chi connectivity index (χ2v) is 9.93. The van der Waals surface area contributed by atoms with Crippen LogP contribution in [0.1, 0.15) is 55.5 Å². The van der Waals surface area contributed by atoms with E-state index in [0.717, 1.165) is 22.4 Å². The molecule has 0 bridgehead atoms. The van der Waals surface area contributed by atoms with Crippen LogP contribution in [0.3, 0.4) is 0 Å². The van der Waals surface area contributed by atoms with Crippen LogP contribution < -0.4 is 4.74 Å². The summed E-state index contributed by atoms with van der Waals surface area (Å²) in [4.78, 5) is 0. The Balaban J connectivity index is 0.000000202. The summed E-state index contributed by atoms with van der Waals surface area (Å²) >= 11 is 0. The van der Waals surface area contributed by atoms with Crippen molar-refractivity contribution in [2.45, 2.75) is 45.1 Å². The van der Waals surface area contributed by atoms with Gasteiger partial charge in [0.05, 0.1) is 13.7 Å². The van der Waals surface area contributed by atoms with E-state index in [9.17, 15) is 10.2 Å². The fourth-order valence-corrected chi connectivity index (χ4v) is 4.12. The van der Waals surface area contributed by atoms with Crippen LogP contribution in [0.15, 0.2) is 97.1 Å². The molecule has 0 saturated carbocycles. The number of ether oxygens (including phenoxy) is 1. The first-order chi connectivity index (χ1) is 17.1. The molecule has 4 aromatic carbocycles. The molecule has 0 amide bonds. The highest BCUT2D eigenvalue weighted by Crippen LogP contribution is 2.34. The minimum atomic E-state index is -0.151. The number of aromatic hydroxyl groups is 2. The standard InChI is InChI=1S/C17H20O2.C15H16O2/c1-17(2,14-6-4-13(12-18)5-7-14)15-8-10-16(19-3)11-9-15;1-15(2,11-3-7-13(16)8-4-11)12-5-9-14(17)10-6-12/h4-11,18H,12H2,1-3H3;3-10,16-17H,1-2H3. The Kier molecular flexibility index (Phi) is 8.44. The maximum atomic E-state index is 9.30. The molecule has 0 radical (unpaired) electrons. The molecule has 0 saturated heterocycles. The van der Waals surface area contributed by atoms with Crippen molar-refractivity contribution in [2.75, 3.05) is 7.11 Å². The van der Waals surface area contributed by atoms with E-state index in [2.05, 4.69) is 52.0 Å². The third kappa shape index (κ3) is 6.27. The Bertz CT molecular complexity index is 1120. The number of hydrogen-bond acceptors (Lipinski definition) is 4. The molecular weight excluding hydrogens is 448 g/mol. The zero-order chi connectivity index (χ0) is 26.3. The monoisotopic (exact) mass is 484 g/mol. The molecule has 0 unspecified atom stereocenters. The Morgan fingerprint density at radius 2 is 0.833 bits per heavy atom. The number of benzene rings is 4. The van der Waals surface area contributed by atoms with E-state index >= 15 is 0 Å². The van der Waals surface area contributed by atoms with Crippen molar-refractivity contribution in [1.29, 1.82) is 0 Å². The van der Waals surface area contributed by atoms with Crippen molar-refractivity contribution in [3.05, 3.63) is 125 Å². The van der Waals surface area contributed by atoms with Gasteiger partial charge in [-0.25, -0.2) is 0 Å². The highest BCUT2D eigenvalue weighted by molar-refractivity contribution is 5.42. The molecule has 0 atom stereocenters. The summed E-state index contributed by atoms with van der Waals surface area (Å²) in [5, 5.41) is 27.7. The van der Waals surface area contributed by atoms with Crippen LogP contribution in [0.4, 0.5) is 0 Å². The van der Waals surface area contributed by atoms with Crippen LogP contribution in [-0.4, -0.2) is 22.4 Å². The van der Waals surface area contributed by atoms with Gasteiger partial charge >= 0.3 is 0 Å². The highest BCUT2D eigenvalue weighted by atomic mass is 16.5. The summed E-state index contributed by atoms with van der Waals surface area (Å²) < 4.78 is 5.19. The lowest BCUT2D eigenvalue weighted by atomic mass is 9.78. The van der Waals surface area contributed by atoms with Crippen LogP contribution in [0.5, 0.6) is 17.2 Å². The number of hydrogen-bond donors (Lipinski definition) is 3. The molecule has 4 nitrogen and oxygen atoms in total. The predicted molar refractivity (Wildman–Crippen MR) is 146 cm³/mol. The zero-order valence-electron chi connectivity index (χ0n) is 21.7. The number of aliphatic hydroxyl groups is 1. The van der Waals surface area contributed by atoms with E-state index < -0.39 is 0 Å². The average molecular weight is 485 g/mol. The van der Waals surface area contributed by atoms with Gasteiger partial charge in [-0.15, -0.1) is 0 Å². The average Bonchev–Trinajstić information content (AvgIpc) is 2.89. The number of rotatable bonds is 6. The second kappa shape index (κ2) is 11.3. The number of phenolic OH excluding ortho intramolecular Hbond substituents is 2. The predicted octanol–water partition coefficient (Wildman–Crippen LogP) is 6.94. The third-order valence-electron chi connectivity index (χ3n) is 6.85. The van der Waals surface area contributed by atoms with Gasteiger partial charge < -0.3 is 20.1 Å². The van der Waals surface area contributed by atoms with Crippen LogP contribution in [0, 0.1) is 0 Å². The van der Waals surface area contributed by atoms with Gasteiger partial charge in [-0.2, -0.15) is 0 Å². The van der Waals surface area contributed by atoms with Crippen LogP contribution in [0.25, 0.3) is 0 Å². The van der Waals surface area contributed by atoms with Gasteiger partial charge in [0, 0.05) is 10.8 Å². The van der Waals surface area contributed by atoms with Crippen molar-refractivity contribution in [3.63, 3.8) is 0 Å². The van der Waals surface area contributed by atoms with Crippen LogP contribution in [0.2, 0.25) is 0 Å². The van der Waals surface area contributed by atoms with E-state index in [1.165, 1.54) is 11.1 Å². The Labute approximate surface area is 214 Å². The van der Waals surface area contributed by atoms with Crippen molar-refractivity contribution in [1.82, 2.24) is 0 Å². The number of methoxy groups -OCH3 is 1. The molecule has 36 heavy (non-hydrogen) atoms. The van der Waals surface area contributed by atoms with Gasteiger partial charge in [0.2, 0.25) is 0 Å². The Morgan fingerprint density at radius 3 is 1.14 bits per heavy atom. The van der Waals surface area contributed by atoms with Gasteiger partial charge in [0.15, 0.2) is 0 Å². The summed E-state index contributed by atoms with van der Waals surface area (Å²) in [6.45, 7) is 8.71. The summed E-state index contributed by atoms with van der Waals surface area (Å²) in [6, 6.07) is 30.7. The van der Waals surface area contributed by atoms with Crippen molar-refractivity contribution < 1.29 is 20.1 Å². The largest absolute Gasteiger partial charge is 0.508 e. The molecule has 3 N–H and O–H groups in total. The summed E-state index contributed by atoms with van der Waals surface area (Å²) in [5.74, 6) is 1.42. The van der Waals surface area contributed by atoms with Gasteiger partial charge in [-0.3, -0.25) is 0 Å². The zero-order valence-corrected chi connectivity index (χ0v) is 21.7. The summed E-state index contributed by atoms with van der Waals surface area (Å²) in [5.41, 5.74) is 5.44. The van der Waals surface area contributed by atoms with E-state index in [4.69, 9.17) is 9.84 Å². The molecule has 4 rings (SSSR count). The van der Waals surface area contributed by atoms with Crippen LogP contribution >= 0.6 is 0 Å². The quantitative estimate of drug-likeness (QED) is 0.277. The molecule has 4 heteroatoms. The SMILES string of the molecule is CC(C)(c1ccc(O)cc1)c1ccc(O)cc1.COc1ccc(C(C)(C)c2ccc(CO)cc2)cc1. The van der Waals surface area contributed by atoms with Crippen molar-refractivity contribution in [3.8, 4) is 17.2 Å². The maximum absolute atomic E-state index is 9.30. The lowest BCUT2D eigenvalue weighted by molar-refractivity contribution is 0.282. The molecule has 4 aromatic rings. The fraction of sp³-hybridized carbons (Fsp3) is 0.250. The van der Waals surface area contributed by atoms with E-state index in [1.807, 2.05) is 48.5 Å². The minimum absolute atomic E-state index is 0.0692. The lowest BCUT2D eigenvalue weighted by Crippen LogP contribution is -2.18. The molecule has 0 aliphatic rings. The van der Waals surface area contributed by atoms with E-state index in [0.29, 0.717) is 0 Å². The Morgan fingerprint density at radius 1 is 0.528 bits per heavy atom. The fourth-order valence-electron chi connectivity index (χ4n) is 4.12. The highest BCUT2D eigenvalue weighted by Gasteiger charge is 2.23. The molecule has 0 fully saturated rings. The third-order valence-corrected chi connectivity index (χ3v) is 6.85. The van der Waals surface area contributed by atoms with Crippen LogP contribution in [-0.2, 0) is 17.4 Å². The first kappa shape index (κ1) is 26.8. The molecular formula is C32H36O4. The normalized spacial score (nSPS) is 11.4. The maximum Gasteiger partial charge on any atom is 0.118 e. The van der Waals surface area contributed by atoms with Gasteiger partial charge in [0.1, 0.15) is 17.2 Å².